The van der Waals surface area contributed by atoms with Crippen LogP contribution in [-0.2, 0) is 20.8 Å². The molecular formula is C26H30N4O4. The fourth-order valence-electron chi connectivity index (χ4n) is 5.23. The van der Waals surface area contributed by atoms with E-state index < -0.39 is 5.60 Å². The second-order valence-corrected chi connectivity index (χ2v) is 9.48. The zero-order chi connectivity index (χ0) is 23.5. The third-order valence-electron chi connectivity index (χ3n) is 7.21. The number of benzene rings is 1. The number of nitrogens with one attached hydrogen (secondary N) is 1. The van der Waals surface area contributed by atoms with Gasteiger partial charge < -0.3 is 19.9 Å². The molecule has 3 aliphatic rings. The van der Waals surface area contributed by atoms with Gasteiger partial charge in [0, 0.05) is 56.8 Å². The Morgan fingerprint density at radius 3 is 2.47 bits per heavy atom. The van der Waals surface area contributed by atoms with Crippen molar-refractivity contribution in [2.75, 3.05) is 31.5 Å². The Kier molecular flexibility index (Phi) is 6.22. The largest absolute Gasteiger partial charge is 0.484 e. The van der Waals surface area contributed by atoms with Crippen molar-refractivity contribution in [3.63, 3.8) is 0 Å². The van der Waals surface area contributed by atoms with E-state index in [4.69, 9.17) is 4.74 Å². The number of para-hydroxylation sites is 2. The molecule has 0 saturated carbocycles. The molecule has 0 bridgehead atoms. The quantitative estimate of drug-likeness (QED) is 0.757. The number of piperidine rings is 2. The monoisotopic (exact) mass is 462 g/mol. The number of ether oxygens (including phenoxy) is 1. The summed E-state index contributed by atoms with van der Waals surface area (Å²) in [6.07, 6.45) is 4.90. The SMILES string of the molecule is O=C1CC2(CCN(C(=O)C3CCN(C(=O)Cc4ccccn4)CC3)CC2)Oc2ccccc2N1. The van der Waals surface area contributed by atoms with Gasteiger partial charge >= 0.3 is 0 Å². The minimum absolute atomic E-state index is 0.0486. The first-order chi connectivity index (χ1) is 16.5. The average Bonchev–Trinajstić information content (AvgIpc) is 2.99. The summed E-state index contributed by atoms with van der Waals surface area (Å²) in [6.45, 7) is 2.35. The highest BCUT2D eigenvalue weighted by Gasteiger charge is 2.43. The van der Waals surface area contributed by atoms with Crippen LogP contribution in [0.1, 0.15) is 37.8 Å². The van der Waals surface area contributed by atoms with Crippen LogP contribution in [0.15, 0.2) is 48.7 Å². The molecule has 0 aliphatic carbocycles. The number of anilines is 1. The number of pyridine rings is 1. The van der Waals surface area contributed by atoms with Gasteiger partial charge in [-0.3, -0.25) is 19.4 Å². The zero-order valence-corrected chi connectivity index (χ0v) is 19.2. The molecule has 0 radical (unpaired) electrons. The van der Waals surface area contributed by atoms with Gasteiger partial charge in [-0.1, -0.05) is 18.2 Å². The highest BCUT2D eigenvalue weighted by atomic mass is 16.5. The van der Waals surface area contributed by atoms with Crippen molar-refractivity contribution in [1.82, 2.24) is 14.8 Å². The number of hydrogen-bond donors (Lipinski definition) is 1. The van der Waals surface area contributed by atoms with E-state index in [2.05, 4.69) is 10.3 Å². The Morgan fingerprint density at radius 1 is 1.00 bits per heavy atom. The summed E-state index contributed by atoms with van der Waals surface area (Å²) in [5, 5.41) is 2.93. The molecule has 0 unspecified atom stereocenters. The summed E-state index contributed by atoms with van der Waals surface area (Å²) in [5.74, 6) is 0.800. The number of hydrogen-bond acceptors (Lipinski definition) is 5. The molecule has 1 aromatic carbocycles. The Hall–Kier alpha value is -3.42. The zero-order valence-electron chi connectivity index (χ0n) is 19.2. The molecule has 1 aromatic heterocycles. The van der Waals surface area contributed by atoms with Crippen LogP contribution >= 0.6 is 0 Å². The molecule has 3 amide bonds. The van der Waals surface area contributed by atoms with Crippen LogP contribution in [0.4, 0.5) is 5.69 Å². The number of nitrogens with zero attached hydrogens (tertiary/aromatic N) is 3. The van der Waals surface area contributed by atoms with Gasteiger partial charge in [0.25, 0.3) is 0 Å². The predicted molar refractivity (Wildman–Crippen MR) is 126 cm³/mol. The van der Waals surface area contributed by atoms with Gasteiger partial charge in [0.2, 0.25) is 17.7 Å². The smallest absolute Gasteiger partial charge is 0.228 e. The minimum Gasteiger partial charge on any atom is -0.484 e. The Morgan fingerprint density at radius 2 is 1.74 bits per heavy atom. The lowest BCUT2D eigenvalue weighted by molar-refractivity contribution is -0.143. The molecule has 3 aliphatic heterocycles. The maximum atomic E-state index is 13.2. The molecule has 2 saturated heterocycles. The third kappa shape index (κ3) is 4.76. The van der Waals surface area contributed by atoms with Crippen LogP contribution in [0, 0.1) is 5.92 Å². The summed E-state index contributed by atoms with van der Waals surface area (Å²) < 4.78 is 6.35. The molecule has 4 heterocycles. The summed E-state index contributed by atoms with van der Waals surface area (Å²) in [4.78, 5) is 46.3. The first-order valence-corrected chi connectivity index (χ1v) is 12.1. The van der Waals surface area contributed by atoms with Gasteiger partial charge in [-0.25, -0.2) is 0 Å². The number of fused-ring (bicyclic) bond motifs is 1. The topological polar surface area (TPSA) is 91.8 Å². The van der Waals surface area contributed by atoms with Crippen molar-refractivity contribution in [3.05, 3.63) is 54.4 Å². The molecule has 8 heteroatoms. The van der Waals surface area contributed by atoms with Crippen molar-refractivity contribution in [3.8, 4) is 5.75 Å². The second-order valence-electron chi connectivity index (χ2n) is 9.48. The number of rotatable bonds is 3. The summed E-state index contributed by atoms with van der Waals surface area (Å²) in [6, 6.07) is 13.1. The fourth-order valence-corrected chi connectivity index (χ4v) is 5.23. The Bertz CT molecular complexity index is 1060. The normalized spacial score (nSPS) is 20.2. The lowest BCUT2D eigenvalue weighted by atomic mass is 9.86. The van der Waals surface area contributed by atoms with Crippen LogP contribution in [0.2, 0.25) is 0 Å². The van der Waals surface area contributed by atoms with Gasteiger partial charge in [-0.2, -0.15) is 0 Å². The van der Waals surface area contributed by atoms with Crippen LogP contribution < -0.4 is 10.1 Å². The lowest BCUT2D eigenvalue weighted by Crippen LogP contribution is -2.52. The molecule has 1 spiro atoms. The van der Waals surface area contributed by atoms with Crippen LogP contribution in [0.25, 0.3) is 0 Å². The molecule has 0 atom stereocenters. The lowest BCUT2D eigenvalue weighted by Gasteiger charge is -2.42. The van der Waals surface area contributed by atoms with E-state index in [1.807, 2.05) is 52.3 Å². The molecule has 1 N–H and O–H groups in total. The number of amides is 3. The number of aromatic nitrogens is 1. The van der Waals surface area contributed by atoms with Gasteiger partial charge in [0.15, 0.2) is 0 Å². The Balaban J connectivity index is 1.14. The van der Waals surface area contributed by atoms with E-state index in [1.54, 1.807) is 6.20 Å². The molecule has 2 fully saturated rings. The van der Waals surface area contributed by atoms with E-state index in [9.17, 15) is 14.4 Å². The van der Waals surface area contributed by atoms with Gasteiger partial charge in [0.1, 0.15) is 11.4 Å². The molecule has 5 rings (SSSR count). The molecule has 2 aromatic rings. The van der Waals surface area contributed by atoms with Crippen molar-refractivity contribution in [2.24, 2.45) is 5.92 Å². The maximum Gasteiger partial charge on any atom is 0.228 e. The fraction of sp³-hybridized carbons (Fsp3) is 0.462. The highest BCUT2D eigenvalue weighted by Crippen LogP contribution is 2.38. The van der Waals surface area contributed by atoms with E-state index >= 15 is 0 Å². The average molecular weight is 463 g/mol. The molecule has 178 valence electrons. The number of carbonyl (C=O) groups is 3. The Labute approximate surface area is 199 Å². The first-order valence-electron chi connectivity index (χ1n) is 12.1. The van der Waals surface area contributed by atoms with Gasteiger partial charge in [0.05, 0.1) is 18.5 Å². The van der Waals surface area contributed by atoms with Gasteiger partial charge in [-0.05, 0) is 37.1 Å². The van der Waals surface area contributed by atoms with Crippen molar-refractivity contribution in [2.45, 2.75) is 44.1 Å². The highest BCUT2D eigenvalue weighted by molar-refractivity contribution is 5.93. The summed E-state index contributed by atoms with van der Waals surface area (Å²) in [7, 11) is 0. The third-order valence-corrected chi connectivity index (χ3v) is 7.21. The van der Waals surface area contributed by atoms with E-state index in [0.29, 0.717) is 76.1 Å². The van der Waals surface area contributed by atoms with Crippen LogP contribution in [0.5, 0.6) is 5.75 Å². The van der Waals surface area contributed by atoms with E-state index in [-0.39, 0.29) is 23.6 Å². The number of carbonyl (C=O) groups excluding carboxylic acids is 3. The molecule has 34 heavy (non-hydrogen) atoms. The molecular weight excluding hydrogens is 432 g/mol. The maximum absolute atomic E-state index is 13.2. The number of likely N-dealkylation sites (tertiary alicyclic amines) is 2. The second kappa shape index (κ2) is 9.44. The first kappa shape index (κ1) is 22.4. The summed E-state index contributed by atoms with van der Waals surface area (Å²) >= 11 is 0. The van der Waals surface area contributed by atoms with Crippen LogP contribution in [0.3, 0.4) is 0 Å². The standard InChI is InChI=1S/C26H30N4O4/c31-23-18-26(34-22-7-2-1-6-21(22)28-23)10-15-30(16-11-26)25(33)19-8-13-29(14-9-19)24(32)17-20-5-3-4-12-27-20/h1-7,12,19H,8-11,13-18H2,(H,28,31). The van der Waals surface area contributed by atoms with Crippen molar-refractivity contribution >= 4 is 23.4 Å². The molecule has 8 nitrogen and oxygen atoms in total. The van der Waals surface area contributed by atoms with Gasteiger partial charge in [-0.15, -0.1) is 0 Å². The van der Waals surface area contributed by atoms with E-state index in [0.717, 1.165) is 5.69 Å². The minimum atomic E-state index is -0.575. The van der Waals surface area contributed by atoms with Crippen molar-refractivity contribution in [1.29, 1.82) is 0 Å². The predicted octanol–water partition coefficient (Wildman–Crippen LogP) is 2.65. The van der Waals surface area contributed by atoms with Crippen LogP contribution in [-0.4, -0.2) is 64.3 Å². The van der Waals surface area contributed by atoms with E-state index in [1.165, 1.54) is 0 Å². The summed E-state index contributed by atoms with van der Waals surface area (Å²) in [5.41, 5.74) is 0.895. The van der Waals surface area contributed by atoms with Crippen molar-refractivity contribution < 1.29 is 19.1 Å².